The van der Waals surface area contributed by atoms with Gasteiger partial charge in [-0.05, 0) is 24.6 Å². The van der Waals surface area contributed by atoms with Gasteiger partial charge in [-0.25, -0.2) is 0 Å². The van der Waals surface area contributed by atoms with Crippen molar-refractivity contribution in [2.75, 3.05) is 13.2 Å². The smallest absolute Gasteiger partial charge is 0.254 e. The van der Waals surface area contributed by atoms with Gasteiger partial charge in [0.2, 0.25) is 0 Å². The maximum atomic E-state index is 12.0. The molecule has 2 aromatic carbocycles. The van der Waals surface area contributed by atoms with Crippen molar-refractivity contribution in [3.63, 3.8) is 0 Å². The summed E-state index contributed by atoms with van der Waals surface area (Å²) in [6.07, 6.45) is 0. The number of rotatable bonds is 6. The number of carbonyl (C=O) groups excluding carboxylic acids is 1. The third-order valence-electron chi connectivity index (χ3n) is 3.07. The molecule has 0 fully saturated rings. The molecule has 0 spiro atoms. The van der Waals surface area contributed by atoms with E-state index in [1.807, 2.05) is 25.1 Å². The lowest BCUT2D eigenvalue weighted by Crippen LogP contribution is -2.27. The lowest BCUT2D eigenvalue weighted by atomic mass is 10.1. The van der Waals surface area contributed by atoms with Crippen molar-refractivity contribution in [1.82, 2.24) is 5.32 Å². The Bertz CT molecular complexity index is 639. The second kappa shape index (κ2) is 8.18. The molecule has 116 valence electrons. The summed E-state index contributed by atoms with van der Waals surface area (Å²) >= 11 is 12.0. The van der Waals surface area contributed by atoms with E-state index in [1.165, 1.54) is 5.56 Å². The van der Waals surface area contributed by atoms with E-state index in [9.17, 15) is 4.79 Å². The number of aryl methyl sites for hydroxylation is 1. The number of ether oxygens (including phenoxy) is 1. The minimum absolute atomic E-state index is 0.296. The lowest BCUT2D eigenvalue weighted by Gasteiger charge is -2.09. The molecule has 0 unspecified atom stereocenters. The Hall–Kier alpha value is -1.55. The lowest BCUT2D eigenvalue weighted by molar-refractivity contribution is 0.0901. The largest absolute Gasteiger partial charge is 0.375 e. The van der Waals surface area contributed by atoms with E-state index in [0.29, 0.717) is 35.4 Å². The topological polar surface area (TPSA) is 38.3 Å². The van der Waals surface area contributed by atoms with Gasteiger partial charge in [-0.2, -0.15) is 0 Å². The number of hydrogen-bond donors (Lipinski definition) is 1. The van der Waals surface area contributed by atoms with Crippen molar-refractivity contribution < 1.29 is 9.53 Å². The van der Waals surface area contributed by atoms with Crippen molar-refractivity contribution in [1.29, 1.82) is 0 Å². The van der Waals surface area contributed by atoms with Crippen LogP contribution in [-0.4, -0.2) is 19.1 Å². The van der Waals surface area contributed by atoms with Gasteiger partial charge in [0.1, 0.15) is 0 Å². The molecule has 0 atom stereocenters. The van der Waals surface area contributed by atoms with E-state index in [1.54, 1.807) is 18.2 Å². The highest BCUT2D eigenvalue weighted by Gasteiger charge is 2.13. The molecule has 0 aliphatic rings. The highest BCUT2D eigenvalue weighted by Crippen LogP contribution is 2.23. The quantitative estimate of drug-likeness (QED) is 0.800. The van der Waals surface area contributed by atoms with Crippen LogP contribution in [0, 0.1) is 6.92 Å². The SMILES string of the molecule is Cc1cccc(COCCNC(=O)c2c(Cl)cccc2Cl)c1. The molecule has 5 heteroatoms. The van der Waals surface area contributed by atoms with E-state index >= 15 is 0 Å². The van der Waals surface area contributed by atoms with Gasteiger partial charge in [0.15, 0.2) is 0 Å². The first-order valence-electron chi connectivity index (χ1n) is 6.93. The maximum absolute atomic E-state index is 12.0. The summed E-state index contributed by atoms with van der Waals surface area (Å²) in [6.45, 7) is 3.37. The van der Waals surface area contributed by atoms with Crippen LogP contribution in [0.25, 0.3) is 0 Å². The van der Waals surface area contributed by atoms with Gasteiger partial charge in [0.05, 0.1) is 28.8 Å². The minimum atomic E-state index is -0.297. The van der Waals surface area contributed by atoms with E-state index in [2.05, 4.69) is 11.4 Å². The third kappa shape index (κ3) is 4.73. The summed E-state index contributed by atoms with van der Waals surface area (Å²) in [6, 6.07) is 13.1. The Morgan fingerprint density at radius 2 is 1.82 bits per heavy atom. The fourth-order valence-electron chi connectivity index (χ4n) is 2.03. The molecule has 0 saturated carbocycles. The number of hydrogen-bond acceptors (Lipinski definition) is 2. The summed E-state index contributed by atoms with van der Waals surface area (Å²) in [5.41, 5.74) is 2.60. The standard InChI is InChI=1S/C17H17Cl2NO2/c1-12-4-2-5-13(10-12)11-22-9-8-20-17(21)16-14(18)6-3-7-15(16)19/h2-7,10H,8-9,11H2,1H3,(H,20,21). The molecular weight excluding hydrogens is 321 g/mol. The Balaban J connectivity index is 1.76. The molecule has 0 aliphatic heterocycles. The van der Waals surface area contributed by atoms with Gasteiger partial charge in [-0.3, -0.25) is 4.79 Å². The Kier molecular flexibility index (Phi) is 6.25. The van der Waals surface area contributed by atoms with Crippen molar-refractivity contribution >= 4 is 29.1 Å². The fraction of sp³-hybridized carbons (Fsp3) is 0.235. The van der Waals surface area contributed by atoms with Gasteiger partial charge in [-0.1, -0.05) is 59.1 Å². The second-order valence-electron chi connectivity index (χ2n) is 4.89. The molecular formula is C17H17Cl2NO2. The Morgan fingerprint density at radius 1 is 1.14 bits per heavy atom. The van der Waals surface area contributed by atoms with Gasteiger partial charge >= 0.3 is 0 Å². The maximum Gasteiger partial charge on any atom is 0.254 e. The summed E-state index contributed by atoms with van der Waals surface area (Å²) in [5, 5.41) is 3.42. The zero-order valence-corrected chi connectivity index (χ0v) is 13.7. The van der Waals surface area contributed by atoms with Crippen molar-refractivity contribution in [3.05, 3.63) is 69.2 Å². The summed E-state index contributed by atoms with van der Waals surface area (Å²) < 4.78 is 5.54. The number of carbonyl (C=O) groups is 1. The van der Waals surface area contributed by atoms with Crippen LogP contribution in [0.3, 0.4) is 0 Å². The summed E-state index contributed by atoms with van der Waals surface area (Å²) in [4.78, 5) is 12.0. The van der Waals surface area contributed by atoms with Gasteiger partial charge in [0, 0.05) is 6.54 Å². The highest BCUT2D eigenvalue weighted by atomic mass is 35.5. The molecule has 2 aromatic rings. The second-order valence-corrected chi connectivity index (χ2v) is 5.71. The van der Waals surface area contributed by atoms with Crippen LogP contribution in [0.5, 0.6) is 0 Å². The molecule has 3 nitrogen and oxygen atoms in total. The predicted molar refractivity (Wildman–Crippen MR) is 89.6 cm³/mol. The molecule has 0 saturated heterocycles. The zero-order chi connectivity index (χ0) is 15.9. The van der Waals surface area contributed by atoms with Crippen LogP contribution >= 0.6 is 23.2 Å². The van der Waals surface area contributed by atoms with Gasteiger partial charge < -0.3 is 10.1 Å². The monoisotopic (exact) mass is 337 g/mol. The van der Waals surface area contributed by atoms with Crippen LogP contribution in [0.4, 0.5) is 0 Å². The molecule has 0 aromatic heterocycles. The molecule has 0 bridgehead atoms. The average molecular weight is 338 g/mol. The van der Waals surface area contributed by atoms with E-state index in [-0.39, 0.29) is 5.91 Å². The van der Waals surface area contributed by atoms with Crippen molar-refractivity contribution in [3.8, 4) is 0 Å². The third-order valence-corrected chi connectivity index (χ3v) is 3.70. The first-order valence-corrected chi connectivity index (χ1v) is 7.69. The molecule has 22 heavy (non-hydrogen) atoms. The highest BCUT2D eigenvalue weighted by molar-refractivity contribution is 6.39. The molecule has 2 rings (SSSR count). The molecule has 0 radical (unpaired) electrons. The van der Waals surface area contributed by atoms with Crippen molar-refractivity contribution in [2.45, 2.75) is 13.5 Å². The Labute approximate surface area is 140 Å². The van der Waals surface area contributed by atoms with Crippen molar-refractivity contribution in [2.24, 2.45) is 0 Å². The minimum Gasteiger partial charge on any atom is -0.375 e. The number of benzene rings is 2. The number of halogens is 2. The Morgan fingerprint density at radius 3 is 2.50 bits per heavy atom. The van der Waals surface area contributed by atoms with Crippen LogP contribution in [0.1, 0.15) is 21.5 Å². The van der Waals surface area contributed by atoms with Crippen LogP contribution in [-0.2, 0) is 11.3 Å². The van der Waals surface area contributed by atoms with E-state index in [0.717, 1.165) is 5.56 Å². The van der Waals surface area contributed by atoms with E-state index in [4.69, 9.17) is 27.9 Å². The first kappa shape index (κ1) is 16.8. The first-order chi connectivity index (χ1) is 10.6. The molecule has 0 aliphatic carbocycles. The number of amides is 1. The molecule has 1 amide bonds. The van der Waals surface area contributed by atoms with E-state index < -0.39 is 0 Å². The normalized spacial score (nSPS) is 10.5. The summed E-state index contributed by atoms with van der Waals surface area (Å²) in [7, 11) is 0. The zero-order valence-electron chi connectivity index (χ0n) is 12.2. The summed E-state index contributed by atoms with van der Waals surface area (Å²) in [5.74, 6) is -0.297. The van der Waals surface area contributed by atoms with Gasteiger partial charge in [-0.15, -0.1) is 0 Å². The van der Waals surface area contributed by atoms with Crippen LogP contribution in [0.2, 0.25) is 10.0 Å². The molecule has 1 N–H and O–H groups in total. The van der Waals surface area contributed by atoms with Crippen LogP contribution in [0.15, 0.2) is 42.5 Å². The fourth-order valence-corrected chi connectivity index (χ4v) is 2.60. The molecule has 0 heterocycles. The average Bonchev–Trinajstić information content (AvgIpc) is 2.47. The van der Waals surface area contributed by atoms with Gasteiger partial charge in [0.25, 0.3) is 5.91 Å². The van der Waals surface area contributed by atoms with Crippen LogP contribution < -0.4 is 5.32 Å². The predicted octanol–water partition coefficient (Wildman–Crippen LogP) is 4.25. The number of nitrogens with one attached hydrogen (secondary N) is 1.